The first-order valence-electron chi connectivity index (χ1n) is 18.1. The first-order chi connectivity index (χ1) is 24.7. The highest BCUT2D eigenvalue weighted by Crippen LogP contribution is 2.43. The minimum absolute atomic E-state index is 0.175. The molecule has 5 rings (SSSR count). The van der Waals surface area contributed by atoms with Crippen LogP contribution in [0.25, 0.3) is 11.3 Å². The van der Waals surface area contributed by atoms with Gasteiger partial charge < -0.3 is 24.4 Å². The highest BCUT2D eigenvalue weighted by atomic mass is 16.6. The Morgan fingerprint density at radius 2 is 1.60 bits per heavy atom. The summed E-state index contributed by atoms with van der Waals surface area (Å²) in [5.74, 6) is 0.785. The van der Waals surface area contributed by atoms with E-state index < -0.39 is 29.5 Å². The molecule has 53 heavy (non-hydrogen) atoms. The van der Waals surface area contributed by atoms with Crippen molar-refractivity contribution in [3.8, 4) is 17.3 Å². The number of nitriles is 1. The van der Waals surface area contributed by atoms with Crippen molar-refractivity contribution in [2.45, 2.75) is 124 Å². The molecule has 1 N–H and O–H groups in total. The molecule has 1 saturated carbocycles. The third-order valence-electron chi connectivity index (χ3n) is 9.12. The van der Waals surface area contributed by atoms with Gasteiger partial charge in [-0.1, -0.05) is 20.8 Å². The molecule has 1 aliphatic carbocycles. The second kappa shape index (κ2) is 15.0. The maximum absolute atomic E-state index is 13.8. The number of amides is 3. The summed E-state index contributed by atoms with van der Waals surface area (Å²) in [5.41, 5.74) is 1.38. The van der Waals surface area contributed by atoms with Crippen LogP contribution in [0.1, 0.15) is 111 Å². The van der Waals surface area contributed by atoms with Crippen LogP contribution in [-0.2, 0) is 16.0 Å². The van der Waals surface area contributed by atoms with Gasteiger partial charge in [0, 0.05) is 42.8 Å². The summed E-state index contributed by atoms with van der Waals surface area (Å²) in [6.07, 6.45) is 5.63. The monoisotopic (exact) mass is 725 g/mol. The second-order valence-electron chi connectivity index (χ2n) is 17.0. The molecule has 0 spiro atoms. The molecule has 282 valence electrons. The lowest BCUT2D eigenvalue weighted by molar-refractivity contribution is -0.0108. The van der Waals surface area contributed by atoms with Crippen molar-refractivity contribution in [3.05, 3.63) is 65.6 Å². The SMILES string of the molecule is CC(C)(C)OC(=O)N(c1cc(C#N)ccn1)c1cc(C2CC2)cc(-c2cncc(CN(C(=O)OC(C)(C)C)C3CCN(C(=O)O)C(C(C)(C)C)C3)c2)n1. The van der Waals surface area contributed by atoms with E-state index in [-0.39, 0.29) is 29.9 Å². The number of hydrogen-bond acceptors (Lipinski definition) is 9. The third-order valence-corrected chi connectivity index (χ3v) is 9.12. The van der Waals surface area contributed by atoms with E-state index in [4.69, 9.17) is 14.5 Å². The summed E-state index contributed by atoms with van der Waals surface area (Å²) >= 11 is 0. The average Bonchev–Trinajstić information content (AvgIpc) is 3.91. The van der Waals surface area contributed by atoms with E-state index in [0.717, 1.165) is 24.0 Å². The average molecular weight is 726 g/mol. The second-order valence-corrected chi connectivity index (χ2v) is 17.0. The van der Waals surface area contributed by atoms with Crippen LogP contribution in [0.2, 0.25) is 0 Å². The Bertz CT molecular complexity index is 1880. The Balaban J connectivity index is 1.54. The van der Waals surface area contributed by atoms with Crippen LogP contribution in [0.15, 0.2) is 48.9 Å². The van der Waals surface area contributed by atoms with Crippen molar-refractivity contribution in [2.75, 3.05) is 11.4 Å². The number of rotatable bonds is 7. The van der Waals surface area contributed by atoms with Crippen LogP contribution >= 0.6 is 0 Å². The molecular weight excluding hydrogens is 674 g/mol. The fraction of sp³-hybridized carbons (Fsp3) is 0.525. The van der Waals surface area contributed by atoms with Crippen molar-refractivity contribution < 1.29 is 29.0 Å². The molecule has 3 aromatic rings. The molecule has 3 aromatic heterocycles. The van der Waals surface area contributed by atoms with Crippen LogP contribution in [0.5, 0.6) is 0 Å². The Morgan fingerprint density at radius 3 is 2.21 bits per heavy atom. The molecule has 1 saturated heterocycles. The van der Waals surface area contributed by atoms with E-state index in [1.54, 1.807) is 44.1 Å². The molecule has 0 bridgehead atoms. The number of ether oxygens (including phenoxy) is 2. The minimum atomic E-state index is -0.969. The summed E-state index contributed by atoms with van der Waals surface area (Å²) < 4.78 is 11.7. The van der Waals surface area contributed by atoms with E-state index in [1.807, 2.05) is 59.7 Å². The molecular formula is C40H51N7O6. The van der Waals surface area contributed by atoms with Gasteiger partial charge in [-0.3, -0.25) is 4.98 Å². The first-order valence-corrected chi connectivity index (χ1v) is 18.1. The maximum Gasteiger partial charge on any atom is 0.421 e. The number of nitrogens with zero attached hydrogens (tertiary/aromatic N) is 7. The van der Waals surface area contributed by atoms with E-state index in [9.17, 15) is 24.8 Å². The van der Waals surface area contributed by atoms with E-state index in [1.165, 1.54) is 22.1 Å². The molecule has 2 aliphatic rings. The zero-order chi connectivity index (χ0) is 38.9. The number of carbonyl (C=O) groups is 3. The van der Waals surface area contributed by atoms with Gasteiger partial charge in [-0.25, -0.2) is 29.3 Å². The standard InChI is InChI=1S/C40H51N7O6/c1-38(2,3)32-20-30(13-15-45(32)35(48)49)46(36(50)52-39(4,5)6)24-26-16-29(23-42-22-26)31-18-28(27-10-11-27)19-34(44-31)47(37(51)53-40(7,8)9)33-17-25(21-41)12-14-43-33/h12,14,16-19,22-23,27,30,32H,10-11,13,15,20,24H2,1-9H3,(H,48,49). The van der Waals surface area contributed by atoms with E-state index in [2.05, 4.69) is 16.0 Å². The zero-order valence-corrected chi connectivity index (χ0v) is 32.2. The fourth-order valence-electron chi connectivity index (χ4n) is 6.53. The Kier molecular flexibility index (Phi) is 11.0. The van der Waals surface area contributed by atoms with Gasteiger partial charge in [0.05, 0.1) is 23.9 Å². The normalized spacial score (nSPS) is 17.8. The molecule has 1 aliphatic heterocycles. The smallest absolute Gasteiger partial charge is 0.421 e. The maximum atomic E-state index is 13.8. The molecule has 2 fully saturated rings. The lowest BCUT2D eigenvalue weighted by atomic mass is 9.79. The van der Waals surface area contributed by atoms with Gasteiger partial charge in [0.15, 0.2) is 0 Å². The number of likely N-dealkylation sites (tertiary alicyclic amines) is 1. The van der Waals surface area contributed by atoms with Gasteiger partial charge >= 0.3 is 18.3 Å². The van der Waals surface area contributed by atoms with Crippen molar-refractivity contribution in [2.24, 2.45) is 5.41 Å². The number of carboxylic acid groups (broad SMARTS) is 1. The Morgan fingerprint density at radius 1 is 0.925 bits per heavy atom. The molecule has 0 aromatic carbocycles. The lowest BCUT2D eigenvalue weighted by Crippen LogP contribution is -2.57. The largest absolute Gasteiger partial charge is 0.465 e. The topological polar surface area (TPSA) is 162 Å². The van der Waals surface area contributed by atoms with Crippen molar-refractivity contribution in [1.82, 2.24) is 24.8 Å². The fourth-order valence-corrected chi connectivity index (χ4v) is 6.53. The molecule has 2 atom stereocenters. The molecule has 13 heteroatoms. The van der Waals surface area contributed by atoms with Gasteiger partial charge in [-0.2, -0.15) is 5.26 Å². The predicted molar refractivity (Wildman–Crippen MR) is 200 cm³/mol. The number of piperidine rings is 1. The van der Waals surface area contributed by atoms with Gasteiger partial charge in [0.1, 0.15) is 22.8 Å². The summed E-state index contributed by atoms with van der Waals surface area (Å²) in [6.45, 7) is 17.3. The van der Waals surface area contributed by atoms with Crippen molar-refractivity contribution in [1.29, 1.82) is 5.26 Å². The lowest BCUT2D eigenvalue weighted by Gasteiger charge is -2.47. The summed E-state index contributed by atoms with van der Waals surface area (Å²) in [6, 6.07) is 10.4. The predicted octanol–water partition coefficient (Wildman–Crippen LogP) is 8.66. The number of carbonyl (C=O) groups excluding carboxylic acids is 2. The molecule has 13 nitrogen and oxygen atoms in total. The van der Waals surface area contributed by atoms with Gasteiger partial charge in [-0.15, -0.1) is 0 Å². The van der Waals surface area contributed by atoms with Crippen LogP contribution in [0.4, 0.5) is 26.0 Å². The Hall–Kier alpha value is -5.25. The van der Waals surface area contributed by atoms with Crippen molar-refractivity contribution in [3.63, 3.8) is 0 Å². The summed E-state index contributed by atoms with van der Waals surface area (Å²) in [5, 5.41) is 19.6. The molecule has 0 radical (unpaired) electrons. The van der Waals surface area contributed by atoms with E-state index in [0.29, 0.717) is 47.9 Å². The molecule has 3 amide bonds. The first kappa shape index (κ1) is 39.0. The van der Waals surface area contributed by atoms with Crippen LogP contribution < -0.4 is 4.90 Å². The van der Waals surface area contributed by atoms with Crippen LogP contribution in [0, 0.1) is 16.7 Å². The number of hydrogen-bond donors (Lipinski definition) is 1. The summed E-state index contributed by atoms with van der Waals surface area (Å²) in [4.78, 5) is 58.2. The number of pyridine rings is 3. The quantitative estimate of drug-likeness (QED) is 0.249. The number of aromatic nitrogens is 3. The highest BCUT2D eigenvalue weighted by Gasteiger charge is 2.42. The van der Waals surface area contributed by atoms with Gasteiger partial charge in [0.2, 0.25) is 0 Å². The summed E-state index contributed by atoms with van der Waals surface area (Å²) in [7, 11) is 0. The van der Waals surface area contributed by atoms with Crippen LogP contribution in [-0.4, -0.2) is 78.0 Å². The van der Waals surface area contributed by atoms with Gasteiger partial charge in [0.25, 0.3) is 0 Å². The van der Waals surface area contributed by atoms with Crippen molar-refractivity contribution >= 4 is 29.9 Å². The molecule has 4 heterocycles. The zero-order valence-electron chi connectivity index (χ0n) is 32.2. The number of anilines is 2. The third kappa shape index (κ3) is 10.0. The van der Waals surface area contributed by atoms with Crippen LogP contribution in [0.3, 0.4) is 0 Å². The minimum Gasteiger partial charge on any atom is -0.465 e. The van der Waals surface area contributed by atoms with E-state index >= 15 is 0 Å². The highest BCUT2D eigenvalue weighted by molar-refractivity contribution is 5.94. The van der Waals surface area contributed by atoms with Gasteiger partial charge in [-0.05, 0) is 120 Å². The molecule has 2 unspecified atom stereocenters. The Labute approximate surface area is 311 Å².